The molecule has 7 heteroatoms. The average Bonchev–Trinajstić information content (AvgIpc) is 3.02. The minimum Gasteiger partial charge on any atom is -0.478 e. The molecule has 0 atom stereocenters. The van der Waals surface area contributed by atoms with E-state index in [0.717, 1.165) is 5.56 Å². The number of rotatable bonds is 6. The minimum atomic E-state index is -0.284. The molecule has 2 heterocycles. The van der Waals surface area contributed by atoms with Gasteiger partial charge >= 0.3 is 0 Å². The molecular formula is C19H18ClN3O3. The van der Waals surface area contributed by atoms with Gasteiger partial charge in [-0.3, -0.25) is 4.79 Å². The smallest absolute Gasteiger partial charge is 0.257 e. The van der Waals surface area contributed by atoms with Crippen LogP contribution in [0.2, 0.25) is 5.02 Å². The van der Waals surface area contributed by atoms with Crippen LogP contribution in [0.3, 0.4) is 0 Å². The van der Waals surface area contributed by atoms with Gasteiger partial charge in [0, 0.05) is 24.4 Å². The summed E-state index contributed by atoms with van der Waals surface area (Å²) >= 11 is 6.23. The third-order valence-electron chi connectivity index (χ3n) is 3.76. The van der Waals surface area contributed by atoms with Crippen LogP contribution >= 0.6 is 11.6 Å². The van der Waals surface area contributed by atoms with Crippen molar-refractivity contribution in [1.29, 1.82) is 0 Å². The van der Waals surface area contributed by atoms with Crippen LogP contribution < -0.4 is 10.1 Å². The Morgan fingerprint density at radius 2 is 2.12 bits per heavy atom. The molecule has 26 heavy (non-hydrogen) atoms. The number of carbonyl (C=O) groups excluding carboxylic acids is 1. The second-order valence-corrected chi connectivity index (χ2v) is 5.97. The number of hydrogen-bond acceptors (Lipinski definition) is 5. The quantitative estimate of drug-likeness (QED) is 0.707. The number of hydrogen-bond donors (Lipinski definition) is 1. The van der Waals surface area contributed by atoms with E-state index >= 15 is 0 Å². The summed E-state index contributed by atoms with van der Waals surface area (Å²) in [6.45, 7) is 4.45. The minimum absolute atomic E-state index is 0.284. The van der Waals surface area contributed by atoms with Crippen molar-refractivity contribution >= 4 is 17.5 Å². The summed E-state index contributed by atoms with van der Waals surface area (Å²) in [5, 5.41) is 7.39. The maximum absolute atomic E-state index is 12.7. The monoisotopic (exact) mass is 371 g/mol. The summed E-state index contributed by atoms with van der Waals surface area (Å²) in [5.41, 5.74) is 2.33. The number of aromatic nitrogens is 2. The Hall–Kier alpha value is -2.86. The molecule has 0 aliphatic heterocycles. The summed E-state index contributed by atoms with van der Waals surface area (Å²) in [4.78, 5) is 16.8. The molecule has 1 amide bonds. The summed E-state index contributed by atoms with van der Waals surface area (Å²) in [6.07, 6.45) is 1.65. The molecule has 3 rings (SSSR count). The summed E-state index contributed by atoms with van der Waals surface area (Å²) in [5.74, 6) is 0.674. The molecule has 0 spiro atoms. The highest BCUT2D eigenvalue weighted by atomic mass is 35.5. The van der Waals surface area contributed by atoms with Crippen molar-refractivity contribution in [2.24, 2.45) is 0 Å². The first-order chi connectivity index (χ1) is 12.6. The largest absolute Gasteiger partial charge is 0.478 e. The fourth-order valence-corrected chi connectivity index (χ4v) is 2.76. The van der Waals surface area contributed by atoms with E-state index in [0.29, 0.717) is 46.6 Å². The number of ether oxygens (including phenoxy) is 1. The van der Waals surface area contributed by atoms with Crippen LogP contribution in [0.5, 0.6) is 5.88 Å². The number of halogens is 1. The molecular weight excluding hydrogens is 354 g/mol. The zero-order valence-corrected chi connectivity index (χ0v) is 15.2. The van der Waals surface area contributed by atoms with E-state index in [2.05, 4.69) is 15.5 Å². The van der Waals surface area contributed by atoms with E-state index < -0.39 is 0 Å². The number of benzene rings is 1. The number of pyridine rings is 1. The number of nitrogens with one attached hydrogen (secondary N) is 1. The fraction of sp³-hybridized carbons (Fsp3) is 0.211. The highest BCUT2D eigenvalue weighted by Crippen LogP contribution is 2.30. The highest BCUT2D eigenvalue weighted by Gasteiger charge is 2.22. The standard InChI is InChI=1S/C19H18ClN3O3/c1-3-25-16-10-13(8-9-21-16)11-22-19(24)17-12(2)26-23-18(17)14-6-4-5-7-15(14)20/h4-10H,3,11H2,1-2H3,(H,22,24). The normalized spacial score (nSPS) is 10.6. The summed E-state index contributed by atoms with van der Waals surface area (Å²) in [7, 11) is 0. The van der Waals surface area contributed by atoms with Crippen LogP contribution in [0.1, 0.15) is 28.6 Å². The molecule has 0 radical (unpaired) electrons. The van der Waals surface area contributed by atoms with Gasteiger partial charge in [-0.1, -0.05) is 35.0 Å². The van der Waals surface area contributed by atoms with Crippen LogP contribution in [0.15, 0.2) is 47.1 Å². The number of aryl methyl sites for hydroxylation is 1. The highest BCUT2D eigenvalue weighted by molar-refractivity contribution is 6.33. The van der Waals surface area contributed by atoms with Gasteiger partial charge in [0.25, 0.3) is 5.91 Å². The average molecular weight is 372 g/mol. The molecule has 2 aromatic heterocycles. The molecule has 0 saturated carbocycles. The lowest BCUT2D eigenvalue weighted by atomic mass is 10.1. The lowest BCUT2D eigenvalue weighted by Crippen LogP contribution is -2.23. The lowest BCUT2D eigenvalue weighted by molar-refractivity contribution is 0.0950. The van der Waals surface area contributed by atoms with Crippen molar-refractivity contribution in [2.75, 3.05) is 6.61 Å². The maximum Gasteiger partial charge on any atom is 0.257 e. The Morgan fingerprint density at radius 1 is 1.31 bits per heavy atom. The molecule has 0 bridgehead atoms. The molecule has 0 fully saturated rings. The van der Waals surface area contributed by atoms with Crippen molar-refractivity contribution < 1.29 is 14.1 Å². The van der Waals surface area contributed by atoms with Gasteiger partial charge in [-0.05, 0) is 31.5 Å². The Kier molecular flexibility index (Phi) is 5.53. The maximum atomic E-state index is 12.7. The molecule has 1 aromatic carbocycles. The van der Waals surface area contributed by atoms with E-state index in [1.54, 1.807) is 31.3 Å². The molecule has 0 aliphatic carbocycles. The predicted molar refractivity (Wildman–Crippen MR) is 98.3 cm³/mol. The van der Waals surface area contributed by atoms with Crippen molar-refractivity contribution in [3.63, 3.8) is 0 Å². The third kappa shape index (κ3) is 3.86. The third-order valence-corrected chi connectivity index (χ3v) is 4.09. The Labute approximate surface area is 156 Å². The van der Waals surface area contributed by atoms with E-state index in [9.17, 15) is 4.79 Å². The van der Waals surface area contributed by atoms with Crippen LogP contribution in [0.4, 0.5) is 0 Å². The predicted octanol–water partition coefficient (Wildman–Crippen LogP) is 4.03. The second-order valence-electron chi connectivity index (χ2n) is 5.56. The lowest BCUT2D eigenvalue weighted by Gasteiger charge is -2.08. The zero-order chi connectivity index (χ0) is 18.5. The summed E-state index contributed by atoms with van der Waals surface area (Å²) in [6, 6.07) is 10.8. The molecule has 0 saturated heterocycles. The van der Waals surface area contributed by atoms with Gasteiger partial charge in [-0.15, -0.1) is 0 Å². The second kappa shape index (κ2) is 8.01. The molecule has 0 unspecified atom stereocenters. The van der Waals surface area contributed by atoms with Crippen molar-refractivity contribution in [3.8, 4) is 17.1 Å². The Morgan fingerprint density at radius 3 is 2.88 bits per heavy atom. The van der Waals surface area contributed by atoms with Crippen LogP contribution in [0.25, 0.3) is 11.3 Å². The van der Waals surface area contributed by atoms with E-state index in [-0.39, 0.29) is 5.91 Å². The van der Waals surface area contributed by atoms with Crippen molar-refractivity contribution in [2.45, 2.75) is 20.4 Å². The van der Waals surface area contributed by atoms with Gasteiger partial charge in [0.15, 0.2) is 0 Å². The van der Waals surface area contributed by atoms with E-state index in [4.69, 9.17) is 20.9 Å². The van der Waals surface area contributed by atoms with Crippen molar-refractivity contribution in [1.82, 2.24) is 15.5 Å². The van der Waals surface area contributed by atoms with Gasteiger partial charge in [0.1, 0.15) is 17.0 Å². The molecule has 134 valence electrons. The Bertz CT molecular complexity index is 924. The van der Waals surface area contributed by atoms with Crippen LogP contribution in [-0.2, 0) is 6.54 Å². The zero-order valence-electron chi connectivity index (χ0n) is 14.5. The van der Waals surface area contributed by atoms with Crippen molar-refractivity contribution in [3.05, 3.63) is 64.5 Å². The first-order valence-electron chi connectivity index (χ1n) is 8.17. The Balaban J connectivity index is 1.80. The fourth-order valence-electron chi connectivity index (χ4n) is 2.53. The molecule has 3 aromatic rings. The molecule has 1 N–H and O–H groups in total. The van der Waals surface area contributed by atoms with Gasteiger partial charge in [-0.25, -0.2) is 4.98 Å². The number of carbonyl (C=O) groups is 1. The van der Waals surface area contributed by atoms with Gasteiger partial charge < -0.3 is 14.6 Å². The van der Waals surface area contributed by atoms with Crippen LogP contribution in [-0.4, -0.2) is 22.7 Å². The van der Waals surface area contributed by atoms with Gasteiger partial charge in [0.05, 0.1) is 11.6 Å². The number of amides is 1. The topological polar surface area (TPSA) is 77.2 Å². The molecule has 0 aliphatic rings. The van der Waals surface area contributed by atoms with E-state index in [1.807, 2.05) is 25.1 Å². The SMILES string of the molecule is CCOc1cc(CNC(=O)c2c(-c3ccccc3Cl)noc2C)ccn1. The van der Waals surface area contributed by atoms with Crippen LogP contribution in [0, 0.1) is 6.92 Å². The van der Waals surface area contributed by atoms with E-state index in [1.165, 1.54) is 0 Å². The van der Waals surface area contributed by atoms with Gasteiger partial charge in [0.2, 0.25) is 5.88 Å². The number of nitrogens with zero attached hydrogens (tertiary/aromatic N) is 2. The van der Waals surface area contributed by atoms with Gasteiger partial charge in [-0.2, -0.15) is 0 Å². The molecule has 6 nitrogen and oxygen atoms in total. The first kappa shape index (κ1) is 17.9. The summed E-state index contributed by atoms with van der Waals surface area (Å²) < 4.78 is 10.6. The first-order valence-corrected chi connectivity index (χ1v) is 8.55.